The molecule has 1 aromatic heterocycles. The van der Waals surface area contributed by atoms with Crippen molar-refractivity contribution in [3.8, 4) is 5.75 Å². The predicted octanol–water partition coefficient (Wildman–Crippen LogP) is 3.33. The van der Waals surface area contributed by atoms with Crippen LogP contribution < -0.4 is 10.2 Å². The van der Waals surface area contributed by atoms with Gasteiger partial charge in [-0.25, -0.2) is 10.3 Å². The van der Waals surface area contributed by atoms with Crippen molar-refractivity contribution in [3.63, 3.8) is 0 Å². The second kappa shape index (κ2) is 9.18. The zero-order valence-corrected chi connectivity index (χ0v) is 19.7. The van der Waals surface area contributed by atoms with Crippen LogP contribution in [0.3, 0.4) is 0 Å². The number of imide groups is 1. The van der Waals surface area contributed by atoms with Crippen LogP contribution in [0.2, 0.25) is 0 Å². The molecule has 0 aliphatic carbocycles. The number of carbonyl (C=O) groups excluding carboxylic acids is 3. The monoisotopic (exact) mass is 464 g/mol. The molecule has 0 saturated heterocycles. The van der Waals surface area contributed by atoms with E-state index in [0.717, 1.165) is 32.8 Å². The first-order chi connectivity index (χ1) is 16.2. The lowest BCUT2D eigenvalue weighted by Crippen LogP contribution is -2.46. The number of fused-ring (bicyclic) bond motifs is 3. The number of ether oxygens (including phenoxy) is 1. The van der Waals surface area contributed by atoms with Gasteiger partial charge >= 0.3 is 6.03 Å². The molecule has 1 unspecified atom stereocenters. The van der Waals surface area contributed by atoms with E-state index in [-0.39, 0.29) is 17.9 Å². The van der Waals surface area contributed by atoms with E-state index in [1.165, 1.54) is 19.5 Å². The number of aromatic nitrogens is 1. The Morgan fingerprint density at radius 3 is 2.50 bits per heavy atom. The molecule has 9 nitrogen and oxygen atoms in total. The van der Waals surface area contributed by atoms with Gasteiger partial charge in [0.15, 0.2) is 0 Å². The fraction of sp³-hybridized carbons (Fsp3) is 0.320. The van der Waals surface area contributed by atoms with Gasteiger partial charge in [-0.3, -0.25) is 19.7 Å². The molecule has 34 heavy (non-hydrogen) atoms. The minimum Gasteiger partial charge on any atom is -0.497 e. The molecular weight excluding hydrogens is 436 g/mol. The van der Waals surface area contributed by atoms with Crippen LogP contribution in [-0.4, -0.2) is 58.1 Å². The molecule has 1 atom stereocenters. The number of hydrogen-bond donors (Lipinski definition) is 2. The average molecular weight is 465 g/mol. The highest BCUT2D eigenvalue weighted by Crippen LogP contribution is 2.39. The Morgan fingerprint density at radius 2 is 1.88 bits per heavy atom. The lowest BCUT2D eigenvalue weighted by Gasteiger charge is -2.34. The lowest BCUT2D eigenvalue weighted by atomic mass is 9.93. The Hall–Kier alpha value is -3.85. The van der Waals surface area contributed by atoms with Gasteiger partial charge in [0.05, 0.1) is 13.7 Å². The third-order valence-electron chi connectivity index (χ3n) is 6.44. The Bertz CT molecular complexity index is 1260. The summed E-state index contributed by atoms with van der Waals surface area (Å²) in [6.45, 7) is 4.86. The molecule has 0 bridgehead atoms. The second-order valence-corrected chi connectivity index (χ2v) is 8.61. The first-order valence-electron chi connectivity index (χ1n) is 11.0. The number of nitrogens with zero attached hydrogens (tertiary/aromatic N) is 3. The third kappa shape index (κ3) is 4.10. The van der Waals surface area contributed by atoms with Crippen LogP contribution in [0, 0.1) is 0 Å². The van der Waals surface area contributed by atoms with Crippen molar-refractivity contribution in [1.29, 1.82) is 0 Å². The summed E-state index contributed by atoms with van der Waals surface area (Å²) >= 11 is 0. The van der Waals surface area contributed by atoms with Gasteiger partial charge in [0.2, 0.25) is 5.91 Å². The first kappa shape index (κ1) is 23.3. The first-order valence-corrected chi connectivity index (χ1v) is 11.0. The van der Waals surface area contributed by atoms with Crippen LogP contribution in [0.4, 0.5) is 4.79 Å². The van der Waals surface area contributed by atoms with Gasteiger partial charge < -0.3 is 14.2 Å². The SMILES string of the molecule is COc1ccc2c(c1)c1c(n2Cc2ccc(C(=O)NO)cc2)CN(C(=O)N(C)C(C)=O)CC1C. The minimum atomic E-state index is -0.569. The van der Waals surface area contributed by atoms with E-state index in [4.69, 9.17) is 9.94 Å². The largest absolute Gasteiger partial charge is 0.497 e. The predicted molar refractivity (Wildman–Crippen MR) is 126 cm³/mol. The van der Waals surface area contributed by atoms with E-state index < -0.39 is 5.91 Å². The van der Waals surface area contributed by atoms with Crippen LogP contribution in [0.1, 0.15) is 46.9 Å². The molecule has 0 saturated carbocycles. The fourth-order valence-electron chi connectivity index (χ4n) is 4.61. The highest BCUT2D eigenvalue weighted by molar-refractivity contribution is 5.94. The number of hydroxylamine groups is 1. The van der Waals surface area contributed by atoms with Gasteiger partial charge in [-0.05, 0) is 41.5 Å². The van der Waals surface area contributed by atoms with Crippen molar-refractivity contribution in [2.45, 2.75) is 32.9 Å². The normalized spacial score (nSPS) is 15.1. The summed E-state index contributed by atoms with van der Waals surface area (Å²) in [5, 5.41) is 9.93. The van der Waals surface area contributed by atoms with Crippen molar-refractivity contribution in [2.24, 2.45) is 0 Å². The van der Waals surface area contributed by atoms with Gasteiger partial charge in [-0.15, -0.1) is 0 Å². The molecular formula is C25H28N4O5. The van der Waals surface area contributed by atoms with E-state index in [1.54, 1.807) is 29.6 Å². The number of carbonyl (C=O) groups is 3. The van der Waals surface area contributed by atoms with Gasteiger partial charge in [0.1, 0.15) is 5.75 Å². The molecule has 0 radical (unpaired) electrons. The summed E-state index contributed by atoms with van der Waals surface area (Å²) < 4.78 is 7.64. The summed E-state index contributed by atoms with van der Waals surface area (Å²) in [5.74, 6) is -0.0610. The van der Waals surface area contributed by atoms with E-state index in [1.807, 2.05) is 30.3 Å². The Morgan fingerprint density at radius 1 is 1.18 bits per heavy atom. The molecule has 3 aromatic rings. The smallest absolute Gasteiger partial charge is 0.326 e. The van der Waals surface area contributed by atoms with E-state index >= 15 is 0 Å². The zero-order valence-electron chi connectivity index (χ0n) is 19.7. The summed E-state index contributed by atoms with van der Waals surface area (Å²) in [5.41, 5.74) is 6.14. The molecule has 4 amide bonds. The molecule has 4 rings (SSSR count). The minimum absolute atomic E-state index is 0.0551. The number of benzene rings is 2. The van der Waals surface area contributed by atoms with Crippen molar-refractivity contribution in [2.75, 3.05) is 20.7 Å². The van der Waals surface area contributed by atoms with E-state index in [9.17, 15) is 14.4 Å². The van der Waals surface area contributed by atoms with Crippen molar-refractivity contribution >= 4 is 28.7 Å². The quantitative estimate of drug-likeness (QED) is 0.455. The summed E-state index contributed by atoms with van der Waals surface area (Å²) in [4.78, 5) is 39.2. The Labute approximate surface area is 197 Å². The number of rotatable bonds is 4. The van der Waals surface area contributed by atoms with Crippen molar-refractivity contribution in [1.82, 2.24) is 19.8 Å². The van der Waals surface area contributed by atoms with Crippen LogP contribution in [-0.2, 0) is 17.9 Å². The van der Waals surface area contributed by atoms with Gasteiger partial charge in [0.25, 0.3) is 5.91 Å². The maximum atomic E-state index is 13.0. The van der Waals surface area contributed by atoms with Crippen LogP contribution in [0.5, 0.6) is 5.75 Å². The Balaban J connectivity index is 1.79. The summed E-state index contributed by atoms with van der Waals surface area (Å²) in [6.07, 6.45) is 0. The average Bonchev–Trinajstić information content (AvgIpc) is 3.15. The third-order valence-corrected chi connectivity index (χ3v) is 6.44. The maximum Gasteiger partial charge on any atom is 0.326 e. The summed E-state index contributed by atoms with van der Waals surface area (Å²) in [6, 6.07) is 12.6. The number of urea groups is 1. The highest BCUT2D eigenvalue weighted by Gasteiger charge is 2.33. The second-order valence-electron chi connectivity index (χ2n) is 8.61. The molecule has 178 valence electrons. The highest BCUT2D eigenvalue weighted by atomic mass is 16.5. The molecule has 2 heterocycles. The topological polar surface area (TPSA) is 104 Å². The van der Waals surface area contributed by atoms with Crippen molar-refractivity contribution < 1.29 is 24.3 Å². The summed E-state index contributed by atoms with van der Waals surface area (Å²) in [7, 11) is 3.13. The van der Waals surface area contributed by atoms with Crippen LogP contribution in [0.15, 0.2) is 42.5 Å². The number of nitrogens with one attached hydrogen (secondary N) is 1. The molecule has 2 aromatic carbocycles. The van der Waals surface area contributed by atoms with Crippen LogP contribution >= 0.6 is 0 Å². The zero-order chi connectivity index (χ0) is 24.6. The number of methoxy groups -OCH3 is 1. The van der Waals surface area contributed by atoms with Crippen LogP contribution in [0.25, 0.3) is 10.9 Å². The van der Waals surface area contributed by atoms with Gasteiger partial charge in [-0.2, -0.15) is 0 Å². The molecule has 0 spiro atoms. The van der Waals surface area contributed by atoms with E-state index in [2.05, 4.69) is 11.5 Å². The fourth-order valence-corrected chi connectivity index (χ4v) is 4.61. The van der Waals surface area contributed by atoms with E-state index in [0.29, 0.717) is 25.2 Å². The lowest BCUT2D eigenvalue weighted by molar-refractivity contribution is -0.125. The van der Waals surface area contributed by atoms with Gasteiger partial charge in [0, 0.05) is 55.1 Å². The standard InChI is InChI=1S/C25H28N4O5/c1-15-12-28(25(32)27(3)16(2)30)14-22-23(15)20-11-19(34-4)9-10-21(20)29(22)13-17-5-7-18(8-6-17)24(31)26-33/h5-11,15,33H,12-14H2,1-4H3,(H,26,31). The van der Waals surface area contributed by atoms with Crippen molar-refractivity contribution in [3.05, 3.63) is 64.8 Å². The molecule has 1 aliphatic heterocycles. The number of amides is 4. The Kier molecular flexibility index (Phi) is 6.30. The molecule has 0 fully saturated rings. The number of hydrogen-bond acceptors (Lipinski definition) is 5. The van der Waals surface area contributed by atoms with Gasteiger partial charge in [-0.1, -0.05) is 19.1 Å². The molecule has 1 aliphatic rings. The molecule has 2 N–H and O–H groups in total. The molecule has 9 heteroatoms. The maximum absolute atomic E-state index is 13.0.